The van der Waals surface area contributed by atoms with Gasteiger partial charge in [-0.25, -0.2) is 4.79 Å². The van der Waals surface area contributed by atoms with Crippen LogP contribution in [0.1, 0.15) is 33.9 Å². The van der Waals surface area contributed by atoms with Crippen molar-refractivity contribution in [3.63, 3.8) is 0 Å². The molecule has 0 atom stereocenters. The summed E-state index contributed by atoms with van der Waals surface area (Å²) >= 11 is 0. The maximum atomic E-state index is 12.5. The first kappa shape index (κ1) is 18.2. The van der Waals surface area contributed by atoms with Crippen molar-refractivity contribution in [2.75, 3.05) is 11.9 Å². The summed E-state index contributed by atoms with van der Waals surface area (Å²) in [7, 11) is 0. The van der Waals surface area contributed by atoms with Gasteiger partial charge < -0.3 is 9.84 Å². The Bertz CT molecular complexity index is 1000. The van der Waals surface area contributed by atoms with Crippen LogP contribution < -0.4 is 5.32 Å². The van der Waals surface area contributed by atoms with Gasteiger partial charge in [0.05, 0.1) is 18.0 Å². The zero-order chi connectivity index (χ0) is 19.7. The molecular formula is C23H22N2O3. The number of carbonyl (C=O) groups excluding carboxylic acids is 1. The van der Waals surface area contributed by atoms with Gasteiger partial charge >= 0.3 is 6.09 Å². The Labute approximate surface area is 164 Å². The number of rotatable bonds is 4. The number of aryl methyl sites for hydroxylation is 1. The van der Waals surface area contributed by atoms with E-state index in [9.17, 15) is 9.90 Å². The van der Waals surface area contributed by atoms with Gasteiger partial charge in [-0.05, 0) is 47.2 Å². The van der Waals surface area contributed by atoms with E-state index >= 15 is 0 Å². The summed E-state index contributed by atoms with van der Waals surface area (Å²) in [6, 6.07) is 16.5. The van der Waals surface area contributed by atoms with Crippen molar-refractivity contribution in [3.05, 3.63) is 82.7 Å². The van der Waals surface area contributed by atoms with Crippen LogP contribution in [0.15, 0.2) is 54.7 Å². The molecule has 0 radical (unpaired) electrons. The van der Waals surface area contributed by atoms with Gasteiger partial charge in [0.15, 0.2) is 0 Å². The van der Waals surface area contributed by atoms with Gasteiger partial charge in [0, 0.05) is 12.1 Å². The van der Waals surface area contributed by atoms with E-state index in [4.69, 9.17) is 4.74 Å². The van der Waals surface area contributed by atoms with E-state index < -0.39 is 6.09 Å². The number of pyridine rings is 1. The van der Waals surface area contributed by atoms with Crippen LogP contribution in [-0.2, 0) is 11.3 Å². The first-order valence-corrected chi connectivity index (χ1v) is 9.28. The van der Waals surface area contributed by atoms with Crippen LogP contribution in [0.25, 0.3) is 11.1 Å². The zero-order valence-electron chi connectivity index (χ0n) is 15.9. The van der Waals surface area contributed by atoms with Crippen molar-refractivity contribution < 1.29 is 14.6 Å². The van der Waals surface area contributed by atoms with E-state index in [-0.39, 0.29) is 19.1 Å². The third-order valence-electron chi connectivity index (χ3n) is 5.34. The van der Waals surface area contributed by atoms with Crippen LogP contribution in [0.3, 0.4) is 0 Å². The first-order valence-electron chi connectivity index (χ1n) is 9.28. The molecule has 0 fully saturated rings. The van der Waals surface area contributed by atoms with E-state index in [0.717, 1.165) is 11.1 Å². The van der Waals surface area contributed by atoms with E-state index in [1.807, 2.05) is 38.1 Å². The molecular weight excluding hydrogens is 352 g/mol. The fourth-order valence-electron chi connectivity index (χ4n) is 3.86. The van der Waals surface area contributed by atoms with Crippen molar-refractivity contribution >= 4 is 11.8 Å². The summed E-state index contributed by atoms with van der Waals surface area (Å²) in [4.78, 5) is 16.7. The molecule has 0 spiro atoms. The number of aliphatic hydroxyl groups is 1. The summed E-state index contributed by atoms with van der Waals surface area (Å²) in [5.41, 5.74) is 7.49. The Kier molecular flexibility index (Phi) is 4.84. The minimum atomic E-state index is -0.511. The number of nitrogens with zero attached hydrogens (tertiary/aromatic N) is 1. The Morgan fingerprint density at radius 2 is 1.68 bits per heavy atom. The molecule has 0 bridgehead atoms. The van der Waals surface area contributed by atoms with Crippen LogP contribution in [0.4, 0.5) is 10.5 Å². The number of ether oxygens (including phenoxy) is 1. The molecule has 0 aliphatic heterocycles. The number of fused-ring (bicyclic) bond motifs is 3. The predicted octanol–water partition coefficient (Wildman–Crippen LogP) is 4.55. The second-order valence-corrected chi connectivity index (χ2v) is 7.00. The molecule has 2 N–H and O–H groups in total. The summed E-state index contributed by atoms with van der Waals surface area (Å²) < 4.78 is 5.59. The number of anilines is 1. The maximum Gasteiger partial charge on any atom is 0.411 e. The fraction of sp³-hybridized carbons (Fsp3) is 0.217. The van der Waals surface area contributed by atoms with Gasteiger partial charge in [-0.2, -0.15) is 0 Å². The van der Waals surface area contributed by atoms with E-state index in [2.05, 4.69) is 34.6 Å². The number of hydrogen-bond donors (Lipinski definition) is 2. The van der Waals surface area contributed by atoms with Gasteiger partial charge in [-0.1, -0.05) is 48.5 Å². The Morgan fingerprint density at radius 3 is 2.29 bits per heavy atom. The number of aliphatic hydroxyl groups excluding tert-OH is 1. The highest BCUT2D eigenvalue weighted by Crippen LogP contribution is 2.44. The van der Waals surface area contributed by atoms with Gasteiger partial charge in [-0.3, -0.25) is 10.3 Å². The molecule has 0 unspecified atom stereocenters. The lowest BCUT2D eigenvalue weighted by atomic mass is 9.98. The summed E-state index contributed by atoms with van der Waals surface area (Å²) in [6.45, 7) is 3.77. The van der Waals surface area contributed by atoms with Crippen LogP contribution in [0.2, 0.25) is 0 Å². The molecule has 1 aliphatic carbocycles. The largest absolute Gasteiger partial charge is 0.448 e. The molecule has 0 saturated carbocycles. The van der Waals surface area contributed by atoms with Crippen molar-refractivity contribution in [2.24, 2.45) is 0 Å². The molecule has 0 saturated heterocycles. The van der Waals surface area contributed by atoms with Gasteiger partial charge in [0.1, 0.15) is 6.61 Å². The highest BCUT2D eigenvalue weighted by Gasteiger charge is 2.29. The minimum absolute atomic E-state index is 0.0192. The molecule has 5 heteroatoms. The summed E-state index contributed by atoms with van der Waals surface area (Å²) in [6.07, 6.45) is 1.13. The third kappa shape index (κ3) is 3.14. The Morgan fingerprint density at radius 1 is 1.07 bits per heavy atom. The standard InChI is InChI=1S/C23H22N2O3/c1-14-11-24-21(12-26)15(2)22(14)25-23(27)28-13-20-18-9-5-3-7-16(18)17-8-4-6-10-19(17)20/h3-11,20,26H,12-13H2,1-2H3,(H,24,25,27). The second-order valence-electron chi connectivity index (χ2n) is 7.00. The Balaban J connectivity index is 1.52. The van der Waals surface area contributed by atoms with Crippen LogP contribution in [0.5, 0.6) is 0 Å². The number of nitrogens with one attached hydrogen (secondary N) is 1. The summed E-state index contributed by atoms with van der Waals surface area (Å²) in [5, 5.41) is 12.2. The Hall–Kier alpha value is -3.18. The lowest BCUT2D eigenvalue weighted by Crippen LogP contribution is -2.19. The third-order valence-corrected chi connectivity index (χ3v) is 5.34. The zero-order valence-corrected chi connectivity index (χ0v) is 15.9. The van der Waals surface area contributed by atoms with Crippen LogP contribution >= 0.6 is 0 Å². The molecule has 28 heavy (non-hydrogen) atoms. The predicted molar refractivity (Wildman–Crippen MR) is 108 cm³/mol. The molecule has 2 aromatic carbocycles. The fourth-order valence-corrected chi connectivity index (χ4v) is 3.86. The highest BCUT2D eigenvalue weighted by molar-refractivity contribution is 5.87. The SMILES string of the molecule is Cc1cnc(CO)c(C)c1NC(=O)OCC1c2ccccc2-c2ccccc21. The average molecular weight is 374 g/mol. The lowest BCUT2D eigenvalue weighted by molar-refractivity contribution is 0.158. The second kappa shape index (κ2) is 7.44. The van der Waals surface area contributed by atoms with Gasteiger partial charge in [0.25, 0.3) is 0 Å². The highest BCUT2D eigenvalue weighted by atomic mass is 16.5. The number of benzene rings is 2. The smallest absolute Gasteiger partial charge is 0.411 e. The quantitative estimate of drug-likeness (QED) is 0.703. The van der Waals surface area contributed by atoms with Crippen molar-refractivity contribution in [3.8, 4) is 11.1 Å². The minimum Gasteiger partial charge on any atom is -0.448 e. The molecule has 1 aliphatic rings. The van der Waals surface area contributed by atoms with Gasteiger partial charge in [-0.15, -0.1) is 0 Å². The molecule has 1 heterocycles. The van der Waals surface area contributed by atoms with E-state index in [0.29, 0.717) is 11.4 Å². The molecule has 1 amide bonds. The van der Waals surface area contributed by atoms with E-state index in [1.165, 1.54) is 22.3 Å². The van der Waals surface area contributed by atoms with Crippen molar-refractivity contribution in [2.45, 2.75) is 26.4 Å². The molecule has 5 nitrogen and oxygen atoms in total. The van der Waals surface area contributed by atoms with Crippen molar-refractivity contribution in [1.29, 1.82) is 0 Å². The maximum absolute atomic E-state index is 12.5. The number of hydrogen-bond acceptors (Lipinski definition) is 4. The first-order chi connectivity index (χ1) is 13.6. The monoisotopic (exact) mass is 374 g/mol. The van der Waals surface area contributed by atoms with Crippen LogP contribution in [-0.4, -0.2) is 22.8 Å². The number of carbonyl (C=O) groups is 1. The van der Waals surface area contributed by atoms with Gasteiger partial charge in [0.2, 0.25) is 0 Å². The number of aromatic nitrogens is 1. The molecule has 3 aromatic rings. The van der Waals surface area contributed by atoms with E-state index in [1.54, 1.807) is 6.20 Å². The summed E-state index contributed by atoms with van der Waals surface area (Å²) in [5.74, 6) is 0.0192. The normalized spacial score (nSPS) is 12.4. The number of amides is 1. The van der Waals surface area contributed by atoms with Crippen molar-refractivity contribution in [1.82, 2.24) is 4.98 Å². The van der Waals surface area contributed by atoms with Crippen LogP contribution in [0, 0.1) is 13.8 Å². The molecule has 4 rings (SSSR count). The average Bonchev–Trinajstić information content (AvgIpc) is 3.03. The molecule has 1 aromatic heterocycles. The topological polar surface area (TPSA) is 71.5 Å². The molecule has 142 valence electrons. The lowest BCUT2D eigenvalue weighted by Gasteiger charge is -2.16.